The molecule has 6 heteroatoms. The van der Waals surface area contributed by atoms with Gasteiger partial charge in [0.15, 0.2) is 11.3 Å². The van der Waals surface area contributed by atoms with Crippen LogP contribution >= 0.6 is 0 Å². The van der Waals surface area contributed by atoms with Gasteiger partial charge in [-0.15, -0.1) is 5.10 Å². The maximum atomic E-state index is 10.6. The van der Waals surface area contributed by atoms with Gasteiger partial charge >= 0.3 is 5.97 Å². The van der Waals surface area contributed by atoms with Crippen molar-refractivity contribution >= 4 is 11.6 Å². The fourth-order valence-corrected chi connectivity index (χ4v) is 0.906. The topological polar surface area (TPSA) is 80.4 Å². The molecule has 0 amide bonds. The van der Waals surface area contributed by atoms with Gasteiger partial charge in [0.1, 0.15) is 0 Å². The van der Waals surface area contributed by atoms with Crippen molar-refractivity contribution in [2.45, 2.75) is 0 Å². The summed E-state index contributed by atoms with van der Waals surface area (Å²) >= 11 is 0. The minimum atomic E-state index is -1.05. The van der Waals surface area contributed by atoms with Crippen molar-refractivity contribution in [3.63, 3.8) is 0 Å². The second-order valence-electron chi connectivity index (χ2n) is 2.14. The molecule has 0 fully saturated rings. The highest BCUT2D eigenvalue weighted by molar-refractivity contribution is 5.86. The van der Waals surface area contributed by atoms with Crippen LogP contribution in [-0.2, 0) is 0 Å². The van der Waals surface area contributed by atoms with Gasteiger partial charge in [-0.25, -0.2) is 9.78 Å². The van der Waals surface area contributed by atoms with Gasteiger partial charge in [-0.3, -0.25) is 0 Å². The minimum absolute atomic E-state index is 0.0532. The molecule has 2 aromatic heterocycles. The number of carboxylic acid groups (broad SMARTS) is 1. The second-order valence-corrected chi connectivity index (χ2v) is 2.14. The van der Waals surface area contributed by atoms with E-state index < -0.39 is 5.97 Å². The zero-order chi connectivity index (χ0) is 8.55. The lowest BCUT2D eigenvalue weighted by Gasteiger charge is -1.94. The quantitative estimate of drug-likeness (QED) is 0.632. The van der Waals surface area contributed by atoms with E-state index in [0.717, 1.165) is 0 Å². The van der Waals surface area contributed by atoms with Crippen LogP contribution in [0.5, 0.6) is 0 Å². The Morgan fingerprint density at radius 1 is 1.58 bits per heavy atom. The van der Waals surface area contributed by atoms with Crippen LogP contribution in [0.2, 0.25) is 0 Å². The van der Waals surface area contributed by atoms with Gasteiger partial charge in [0.25, 0.3) is 0 Å². The zero-order valence-electron chi connectivity index (χ0n) is 5.88. The van der Waals surface area contributed by atoms with Crippen molar-refractivity contribution in [2.75, 3.05) is 0 Å². The summed E-state index contributed by atoms with van der Waals surface area (Å²) in [5, 5.41) is 15.8. The van der Waals surface area contributed by atoms with Crippen LogP contribution in [-0.4, -0.2) is 30.9 Å². The molecule has 0 aromatic carbocycles. The normalized spacial score (nSPS) is 10.3. The van der Waals surface area contributed by atoms with Gasteiger partial charge < -0.3 is 5.11 Å². The monoisotopic (exact) mass is 164 g/mol. The van der Waals surface area contributed by atoms with Crippen molar-refractivity contribution < 1.29 is 9.90 Å². The van der Waals surface area contributed by atoms with E-state index in [1.807, 2.05) is 0 Å². The number of fused-ring (bicyclic) bond motifs is 1. The van der Waals surface area contributed by atoms with E-state index in [-0.39, 0.29) is 5.69 Å². The fourth-order valence-electron chi connectivity index (χ4n) is 0.906. The molecular formula is C6H4N4O2. The van der Waals surface area contributed by atoms with Gasteiger partial charge in [-0.1, -0.05) is 5.21 Å². The molecule has 12 heavy (non-hydrogen) atoms. The van der Waals surface area contributed by atoms with Crippen molar-refractivity contribution in [2.24, 2.45) is 0 Å². The molecule has 0 saturated heterocycles. The SMILES string of the molecule is O=C(O)c1ccnc2cnnn12. The second kappa shape index (κ2) is 2.26. The van der Waals surface area contributed by atoms with Crippen LogP contribution in [0, 0.1) is 0 Å². The molecule has 0 aliphatic rings. The first-order valence-corrected chi connectivity index (χ1v) is 3.18. The zero-order valence-corrected chi connectivity index (χ0v) is 5.88. The van der Waals surface area contributed by atoms with Crippen LogP contribution in [0.15, 0.2) is 18.5 Å². The van der Waals surface area contributed by atoms with E-state index in [2.05, 4.69) is 15.3 Å². The van der Waals surface area contributed by atoms with Crippen molar-refractivity contribution in [1.29, 1.82) is 0 Å². The van der Waals surface area contributed by atoms with E-state index in [4.69, 9.17) is 5.11 Å². The number of aromatic carboxylic acids is 1. The molecule has 6 nitrogen and oxygen atoms in total. The number of aromatic nitrogens is 4. The Balaban J connectivity index is 2.82. The molecule has 0 bridgehead atoms. The number of carbonyl (C=O) groups is 1. The third-order valence-electron chi connectivity index (χ3n) is 1.42. The smallest absolute Gasteiger partial charge is 0.354 e. The Labute approximate surface area is 66.5 Å². The highest BCUT2D eigenvalue weighted by Crippen LogP contribution is 2.00. The van der Waals surface area contributed by atoms with Gasteiger partial charge in [0.05, 0.1) is 6.20 Å². The van der Waals surface area contributed by atoms with Crippen LogP contribution in [0.4, 0.5) is 0 Å². The molecule has 1 N–H and O–H groups in total. The summed E-state index contributed by atoms with van der Waals surface area (Å²) in [6.07, 6.45) is 2.80. The molecular weight excluding hydrogens is 160 g/mol. The third-order valence-corrected chi connectivity index (χ3v) is 1.42. The van der Waals surface area contributed by atoms with Crippen molar-refractivity contribution in [3.8, 4) is 0 Å². The van der Waals surface area contributed by atoms with Gasteiger partial charge in [0.2, 0.25) is 0 Å². The fraction of sp³-hybridized carbons (Fsp3) is 0. The van der Waals surface area contributed by atoms with E-state index in [0.29, 0.717) is 5.65 Å². The maximum Gasteiger partial charge on any atom is 0.354 e. The first kappa shape index (κ1) is 6.71. The molecule has 2 rings (SSSR count). The van der Waals surface area contributed by atoms with Crippen LogP contribution < -0.4 is 0 Å². The van der Waals surface area contributed by atoms with Gasteiger partial charge in [-0.05, 0) is 6.07 Å². The van der Waals surface area contributed by atoms with Gasteiger partial charge in [-0.2, -0.15) is 4.52 Å². The average Bonchev–Trinajstić information content (AvgIpc) is 2.49. The van der Waals surface area contributed by atoms with Crippen LogP contribution in [0.3, 0.4) is 0 Å². The largest absolute Gasteiger partial charge is 0.477 e. The summed E-state index contributed by atoms with van der Waals surface area (Å²) in [7, 11) is 0. The average molecular weight is 164 g/mol. The Bertz CT molecular complexity index is 436. The molecule has 0 aliphatic heterocycles. The number of hydrogen-bond donors (Lipinski definition) is 1. The minimum Gasteiger partial charge on any atom is -0.477 e. The molecule has 0 radical (unpaired) electrons. The number of nitrogens with zero attached hydrogens (tertiary/aromatic N) is 4. The molecule has 0 atom stereocenters. The highest BCUT2D eigenvalue weighted by atomic mass is 16.4. The predicted molar refractivity (Wildman–Crippen MR) is 37.7 cm³/mol. The Kier molecular flexibility index (Phi) is 1.26. The molecule has 0 spiro atoms. The van der Waals surface area contributed by atoms with E-state index in [9.17, 15) is 4.79 Å². The number of carboxylic acids is 1. The highest BCUT2D eigenvalue weighted by Gasteiger charge is 2.08. The van der Waals surface area contributed by atoms with Crippen molar-refractivity contribution in [1.82, 2.24) is 19.8 Å². The molecule has 60 valence electrons. The Morgan fingerprint density at radius 2 is 2.42 bits per heavy atom. The summed E-state index contributed by atoms with van der Waals surface area (Å²) < 4.78 is 1.17. The number of hydrogen-bond acceptors (Lipinski definition) is 4. The molecule has 0 unspecified atom stereocenters. The lowest BCUT2D eigenvalue weighted by molar-refractivity contribution is 0.0687. The van der Waals surface area contributed by atoms with E-state index in [1.165, 1.54) is 23.0 Å². The van der Waals surface area contributed by atoms with Crippen molar-refractivity contribution in [3.05, 3.63) is 24.2 Å². The summed E-state index contributed by atoms with van der Waals surface area (Å²) in [6.45, 7) is 0. The Hall–Kier alpha value is -1.98. The Morgan fingerprint density at radius 3 is 3.17 bits per heavy atom. The predicted octanol–water partition coefficient (Wildman–Crippen LogP) is -0.177. The number of rotatable bonds is 1. The first-order chi connectivity index (χ1) is 5.79. The first-order valence-electron chi connectivity index (χ1n) is 3.18. The summed E-state index contributed by atoms with van der Waals surface area (Å²) in [5.74, 6) is -1.05. The van der Waals surface area contributed by atoms with E-state index >= 15 is 0 Å². The molecule has 2 aromatic rings. The summed E-state index contributed by atoms with van der Waals surface area (Å²) in [5.41, 5.74) is 0.479. The molecule has 0 aliphatic carbocycles. The van der Waals surface area contributed by atoms with Crippen LogP contribution in [0.25, 0.3) is 5.65 Å². The van der Waals surface area contributed by atoms with Gasteiger partial charge in [0, 0.05) is 6.20 Å². The standard InChI is InChI=1S/C6H4N4O2/c11-6(12)4-1-2-7-5-3-8-9-10(4)5/h1-3H,(H,11,12). The summed E-state index contributed by atoms with van der Waals surface area (Å²) in [4.78, 5) is 14.5. The summed E-state index contributed by atoms with van der Waals surface area (Å²) in [6, 6.07) is 1.37. The third kappa shape index (κ3) is 0.815. The lowest BCUT2D eigenvalue weighted by Crippen LogP contribution is -2.06. The van der Waals surface area contributed by atoms with Crippen LogP contribution in [0.1, 0.15) is 10.5 Å². The maximum absolute atomic E-state index is 10.6. The lowest BCUT2D eigenvalue weighted by atomic mass is 10.4. The molecule has 2 heterocycles. The molecule has 0 saturated carbocycles. The van der Waals surface area contributed by atoms with E-state index in [1.54, 1.807) is 0 Å².